The lowest BCUT2D eigenvalue weighted by Crippen LogP contribution is -2.44. The number of alkyl halides is 6. The van der Waals surface area contributed by atoms with E-state index in [1.54, 1.807) is 0 Å². The Bertz CT molecular complexity index is 1210. The normalized spacial score (nSPS) is 20.8. The first-order valence-electron chi connectivity index (χ1n) is 11.5. The van der Waals surface area contributed by atoms with Gasteiger partial charge in [0.15, 0.2) is 5.78 Å². The zero-order valence-corrected chi connectivity index (χ0v) is 19.7. The van der Waals surface area contributed by atoms with E-state index in [-0.39, 0.29) is 22.8 Å². The number of anilines is 1. The summed E-state index contributed by atoms with van der Waals surface area (Å²) < 4.78 is 79.2. The maximum Gasteiger partial charge on any atom is 0.490 e. The van der Waals surface area contributed by atoms with Gasteiger partial charge in [-0.15, -0.1) is 0 Å². The van der Waals surface area contributed by atoms with Crippen molar-refractivity contribution < 1.29 is 45.8 Å². The summed E-state index contributed by atoms with van der Waals surface area (Å²) in [5, 5.41) is 10.6. The van der Waals surface area contributed by atoms with Gasteiger partial charge in [-0.2, -0.15) is 26.3 Å². The zero-order valence-electron chi connectivity index (χ0n) is 19.7. The molecular weight excluding hydrogens is 506 g/mol. The number of ketones is 1. The van der Waals surface area contributed by atoms with Crippen molar-refractivity contribution in [3.05, 3.63) is 52.6 Å². The van der Waals surface area contributed by atoms with Gasteiger partial charge < -0.3 is 20.1 Å². The predicted octanol–water partition coefficient (Wildman–Crippen LogP) is 5.00. The summed E-state index contributed by atoms with van der Waals surface area (Å²) in [6.07, 6.45) is -8.62. The second kappa shape index (κ2) is 9.97. The van der Waals surface area contributed by atoms with Gasteiger partial charge in [0.1, 0.15) is 0 Å². The molecule has 0 bridgehead atoms. The summed E-state index contributed by atoms with van der Waals surface area (Å²) in [5.74, 6) is -2.88. The predicted molar refractivity (Wildman–Crippen MR) is 122 cm³/mol. The number of benzene rings is 2. The van der Waals surface area contributed by atoms with Crippen LogP contribution in [-0.4, -0.2) is 55.3 Å². The number of ether oxygens (including phenoxy) is 1. The number of nitrogens with zero attached hydrogens (tertiary/aromatic N) is 1. The van der Waals surface area contributed by atoms with Crippen LogP contribution in [0.3, 0.4) is 0 Å². The van der Waals surface area contributed by atoms with Gasteiger partial charge in [0.25, 0.3) is 0 Å². The first-order valence-corrected chi connectivity index (χ1v) is 11.5. The third-order valence-electron chi connectivity index (χ3n) is 6.77. The second-order valence-electron chi connectivity index (χ2n) is 9.10. The number of hydrogen-bond acceptors (Lipinski definition) is 5. The van der Waals surface area contributed by atoms with Crippen molar-refractivity contribution in [3.8, 4) is 11.1 Å². The van der Waals surface area contributed by atoms with Crippen LogP contribution in [0.2, 0.25) is 0 Å². The van der Waals surface area contributed by atoms with Crippen LogP contribution < -0.4 is 10.2 Å². The van der Waals surface area contributed by atoms with E-state index in [1.165, 1.54) is 19.1 Å². The van der Waals surface area contributed by atoms with Gasteiger partial charge in [-0.1, -0.05) is 12.1 Å². The fraction of sp³-hybridized carbons (Fsp3) is 0.440. The van der Waals surface area contributed by atoms with Crippen molar-refractivity contribution >= 4 is 17.4 Å². The van der Waals surface area contributed by atoms with Crippen molar-refractivity contribution in [1.82, 2.24) is 5.32 Å². The lowest BCUT2D eigenvalue weighted by atomic mass is 9.86. The molecule has 2 aromatic rings. The molecule has 2 atom stereocenters. The number of carbonyl (C=O) groups is 2. The molecule has 200 valence electrons. The van der Waals surface area contributed by atoms with Gasteiger partial charge in [0, 0.05) is 41.9 Å². The Morgan fingerprint density at radius 3 is 2.43 bits per heavy atom. The van der Waals surface area contributed by atoms with E-state index in [9.17, 15) is 31.1 Å². The highest BCUT2D eigenvalue weighted by molar-refractivity contribution is 5.95. The van der Waals surface area contributed by atoms with Crippen molar-refractivity contribution in [1.29, 1.82) is 0 Å². The van der Waals surface area contributed by atoms with Crippen molar-refractivity contribution in [3.63, 3.8) is 0 Å². The fourth-order valence-electron chi connectivity index (χ4n) is 5.19. The van der Waals surface area contributed by atoms with E-state index >= 15 is 0 Å². The fourth-order valence-corrected chi connectivity index (χ4v) is 5.19. The Hall–Kier alpha value is -3.12. The van der Waals surface area contributed by atoms with Crippen LogP contribution in [-0.2, 0) is 22.3 Å². The summed E-state index contributed by atoms with van der Waals surface area (Å²) in [7, 11) is 0. The molecule has 0 amide bonds. The average molecular weight is 530 g/mol. The molecule has 0 radical (unpaired) electrons. The molecule has 3 aliphatic rings. The molecule has 6 nitrogen and oxygen atoms in total. The number of carbonyl (C=O) groups excluding carboxylic acids is 1. The number of Topliss-reactive ketones (excluding diaryl/α,β-unsaturated/α-hetero) is 1. The molecule has 0 saturated carbocycles. The molecule has 1 saturated heterocycles. The number of nitrogens with one attached hydrogen (secondary N) is 1. The maximum absolute atomic E-state index is 13.9. The Morgan fingerprint density at radius 1 is 1.11 bits per heavy atom. The highest BCUT2D eigenvalue weighted by Gasteiger charge is 2.42. The van der Waals surface area contributed by atoms with Gasteiger partial charge >= 0.3 is 18.3 Å². The zero-order chi connectivity index (χ0) is 27.1. The van der Waals surface area contributed by atoms with Crippen LogP contribution in [0, 0.1) is 0 Å². The number of aliphatic carboxylic acids is 1. The first kappa shape index (κ1) is 26.9. The van der Waals surface area contributed by atoms with Crippen LogP contribution >= 0.6 is 0 Å². The molecule has 12 heteroatoms. The highest BCUT2D eigenvalue weighted by Crippen LogP contribution is 2.49. The minimum atomic E-state index is -5.08. The molecule has 5 rings (SSSR count). The minimum Gasteiger partial charge on any atom is -0.475 e. The third kappa shape index (κ3) is 5.45. The van der Waals surface area contributed by atoms with Gasteiger partial charge in [-0.25, -0.2) is 4.79 Å². The van der Waals surface area contributed by atoms with E-state index in [0.717, 1.165) is 48.9 Å². The first-order chi connectivity index (χ1) is 17.3. The number of halogens is 6. The van der Waals surface area contributed by atoms with Crippen molar-refractivity contribution in [2.45, 2.75) is 44.3 Å². The Balaban J connectivity index is 0.000000405. The van der Waals surface area contributed by atoms with Gasteiger partial charge in [0.2, 0.25) is 0 Å². The molecule has 2 aromatic carbocycles. The summed E-state index contributed by atoms with van der Waals surface area (Å²) in [5.41, 5.74) is 3.12. The van der Waals surface area contributed by atoms with E-state index < -0.39 is 23.9 Å². The lowest BCUT2D eigenvalue weighted by molar-refractivity contribution is -0.192. The smallest absolute Gasteiger partial charge is 0.475 e. The summed E-state index contributed by atoms with van der Waals surface area (Å²) >= 11 is 0. The Morgan fingerprint density at radius 2 is 1.81 bits per heavy atom. The lowest BCUT2D eigenvalue weighted by Gasteiger charge is -2.33. The van der Waals surface area contributed by atoms with E-state index in [1.807, 2.05) is 12.1 Å². The quantitative estimate of drug-likeness (QED) is 0.420. The number of carboxylic acids is 1. The molecule has 3 aliphatic heterocycles. The number of hydrogen-bond donors (Lipinski definition) is 2. The SMILES string of the molecule is CC(=O)c1ccc(-c2cc3c4c(c2)[C@@H]2CNCC[C@@H]2N4CCOC3)c(C(F)(F)F)c1.O=C(O)C(F)(F)F. The molecule has 37 heavy (non-hydrogen) atoms. The van der Waals surface area contributed by atoms with Crippen LogP contribution in [0.1, 0.15) is 46.3 Å². The standard InChI is InChI=1S/C23H23F3N2O2.C2HF3O2/c1-13(29)14-2-3-17(20(10-14)23(24,25)26)15-8-16-12-30-7-6-28-21-4-5-27-11-19(21)18(9-15)22(16)28;3-2(4,5)1(6)7/h2-3,8-10,19,21,27H,4-7,11-12H2,1H3;(H,6,7)/t19-,21-;/m0./s1. The number of rotatable bonds is 2. The van der Waals surface area contributed by atoms with Crippen LogP contribution in [0.15, 0.2) is 30.3 Å². The monoisotopic (exact) mass is 530 g/mol. The van der Waals surface area contributed by atoms with E-state index in [0.29, 0.717) is 24.8 Å². The summed E-state index contributed by atoms with van der Waals surface area (Å²) in [4.78, 5) is 23.0. The average Bonchev–Trinajstić information content (AvgIpc) is 2.98. The van der Waals surface area contributed by atoms with Crippen LogP contribution in [0.4, 0.5) is 32.0 Å². The second-order valence-corrected chi connectivity index (χ2v) is 9.10. The molecule has 3 heterocycles. The van der Waals surface area contributed by atoms with Gasteiger partial charge in [-0.05, 0) is 54.8 Å². The summed E-state index contributed by atoms with van der Waals surface area (Å²) in [6.45, 7) is 4.86. The topological polar surface area (TPSA) is 78.9 Å². The molecular formula is C25H24F6N2O4. The Kier molecular flexibility index (Phi) is 7.26. The molecule has 0 aromatic heterocycles. The molecule has 0 aliphatic carbocycles. The third-order valence-corrected chi connectivity index (χ3v) is 6.77. The molecule has 0 spiro atoms. The van der Waals surface area contributed by atoms with Crippen LogP contribution in [0.5, 0.6) is 0 Å². The Labute approximate surface area is 208 Å². The number of carboxylic acid groups (broad SMARTS) is 1. The van der Waals surface area contributed by atoms with Crippen molar-refractivity contribution in [2.24, 2.45) is 0 Å². The molecule has 2 N–H and O–H groups in total. The van der Waals surface area contributed by atoms with Gasteiger partial charge in [0.05, 0.1) is 18.8 Å². The van der Waals surface area contributed by atoms with Crippen LogP contribution in [0.25, 0.3) is 11.1 Å². The number of piperidine rings is 1. The van der Waals surface area contributed by atoms with E-state index in [2.05, 4.69) is 10.2 Å². The molecule has 0 unspecified atom stereocenters. The minimum absolute atomic E-state index is 0.0661. The van der Waals surface area contributed by atoms with E-state index in [4.69, 9.17) is 14.6 Å². The molecule has 1 fully saturated rings. The maximum atomic E-state index is 13.9. The highest BCUT2D eigenvalue weighted by atomic mass is 19.4. The van der Waals surface area contributed by atoms with Crippen molar-refractivity contribution in [2.75, 3.05) is 31.1 Å². The summed E-state index contributed by atoms with van der Waals surface area (Å²) in [6, 6.07) is 7.99. The van der Waals surface area contributed by atoms with Gasteiger partial charge in [-0.3, -0.25) is 4.79 Å². The number of fused-ring (bicyclic) bond motifs is 3. The largest absolute Gasteiger partial charge is 0.490 e.